The highest BCUT2D eigenvalue weighted by Gasteiger charge is 2.28. The number of hydrogen-bond donors (Lipinski definition) is 1. The number of benzene rings is 1. The zero-order chi connectivity index (χ0) is 18.9. The molecule has 0 fully saturated rings. The number of nitrogens with zero attached hydrogens (tertiary/aromatic N) is 4. The summed E-state index contributed by atoms with van der Waals surface area (Å²) in [5, 5.41) is 15.1. The smallest absolute Gasteiger partial charge is 0.313 e. The Kier molecular flexibility index (Phi) is 4.46. The predicted octanol–water partition coefficient (Wildman–Crippen LogP) is 4.07. The Balaban J connectivity index is 1.84. The van der Waals surface area contributed by atoms with E-state index < -0.39 is 4.92 Å². The number of likely N-dealkylation sites (N-methyl/N-ethyl adjacent to an activating group) is 1. The first-order chi connectivity index (χ1) is 12.3. The summed E-state index contributed by atoms with van der Waals surface area (Å²) in [5.41, 5.74) is 6.93. The van der Waals surface area contributed by atoms with E-state index in [4.69, 9.17) is 0 Å². The van der Waals surface area contributed by atoms with Crippen LogP contribution in [0.4, 0.5) is 17.2 Å². The van der Waals surface area contributed by atoms with Crippen LogP contribution < -0.4 is 10.3 Å². The first-order valence-corrected chi connectivity index (χ1v) is 8.26. The van der Waals surface area contributed by atoms with E-state index in [0.717, 1.165) is 11.1 Å². The summed E-state index contributed by atoms with van der Waals surface area (Å²) >= 11 is 0. The number of hydrazone groups is 1. The first-order valence-electron chi connectivity index (χ1n) is 8.26. The molecule has 7 heteroatoms. The van der Waals surface area contributed by atoms with E-state index in [9.17, 15) is 10.1 Å². The second-order valence-electron chi connectivity index (χ2n) is 6.81. The Morgan fingerprint density at radius 2 is 2.12 bits per heavy atom. The number of aromatic nitrogens is 1. The number of pyridine rings is 1. The van der Waals surface area contributed by atoms with Gasteiger partial charge in [0.05, 0.1) is 16.7 Å². The molecule has 0 saturated carbocycles. The molecule has 26 heavy (non-hydrogen) atoms. The average Bonchev–Trinajstić information content (AvgIpc) is 2.60. The maximum absolute atomic E-state index is 11.0. The molecule has 3 rings (SSSR count). The molecule has 0 saturated heterocycles. The molecule has 7 nitrogen and oxygen atoms in total. The number of nitro groups is 1. The van der Waals surface area contributed by atoms with Crippen molar-refractivity contribution in [2.24, 2.45) is 5.10 Å². The molecule has 1 aliphatic heterocycles. The summed E-state index contributed by atoms with van der Waals surface area (Å²) in [7, 11) is 2.08. The minimum atomic E-state index is -0.491. The molecule has 0 spiro atoms. The van der Waals surface area contributed by atoms with Crippen LogP contribution in [0.3, 0.4) is 0 Å². The topological polar surface area (TPSA) is 83.7 Å². The molecule has 0 amide bonds. The van der Waals surface area contributed by atoms with Crippen molar-refractivity contribution in [1.29, 1.82) is 0 Å². The quantitative estimate of drug-likeness (QED) is 0.510. The second-order valence-corrected chi connectivity index (χ2v) is 6.81. The molecule has 0 unspecified atom stereocenters. The minimum absolute atomic E-state index is 0.0356. The maximum Gasteiger partial charge on any atom is 0.313 e. The lowest BCUT2D eigenvalue weighted by molar-refractivity contribution is -0.384. The Hall–Kier alpha value is -3.22. The highest BCUT2D eigenvalue weighted by molar-refractivity contribution is 5.88. The van der Waals surface area contributed by atoms with Gasteiger partial charge in [-0.15, -0.1) is 0 Å². The van der Waals surface area contributed by atoms with Crippen LogP contribution in [0.25, 0.3) is 5.57 Å². The van der Waals surface area contributed by atoms with Gasteiger partial charge in [-0.05, 0) is 50.1 Å². The van der Waals surface area contributed by atoms with Crippen LogP contribution in [-0.4, -0.2) is 28.7 Å². The van der Waals surface area contributed by atoms with Gasteiger partial charge in [-0.25, -0.2) is 4.98 Å². The SMILES string of the molecule is CC1=CC(C)(C)N(C)c2ccc(/C=N\Nc3ncccc3[N+](=O)[O-])cc21. The molecule has 2 heterocycles. The van der Waals surface area contributed by atoms with E-state index in [0.29, 0.717) is 0 Å². The fourth-order valence-electron chi connectivity index (χ4n) is 3.06. The van der Waals surface area contributed by atoms with Gasteiger partial charge >= 0.3 is 5.69 Å². The summed E-state index contributed by atoms with van der Waals surface area (Å²) in [6, 6.07) is 9.00. The first kappa shape index (κ1) is 17.6. The van der Waals surface area contributed by atoms with Gasteiger partial charge in [0, 0.05) is 30.6 Å². The molecular weight excluding hydrogens is 330 g/mol. The fraction of sp³-hybridized carbons (Fsp3) is 0.263. The maximum atomic E-state index is 11.0. The molecule has 1 N–H and O–H groups in total. The molecular formula is C19H21N5O2. The fourth-order valence-corrected chi connectivity index (χ4v) is 3.06. The Morgan fingerprint density at radius 3 is 2.85 bits per heavy atom. The van der Waals surface area contributed by atoms with E-state index in [-0.39, 0.29) is 17.0 Å². The third-order valence-electron chi connectivity index (χ3n) is 4.61. The van der Waals surface area contributed by atoms with E-state index in [2.05, 4.69) is 66.4 Å². The van der Waals surface area contributed by atoms with Crippen LogP contribution in [-0.2, 0) is 0 Å². The van der Waals surface area contributed by atoms with Gasteiger partial charge in [0.2, 0.25) is 5.82 Å². The van der Waals surface area contributed by atoms with Crippen LogP contribution in [0, 0.1) is 10.1 Å². The highest BCUT2D eigenvalue weighted by Crippen LogP contribution is 2.37. The molecule has 0 aliphatic carbocycles. The molecule has 0 radical (unpaired) electrons. The molecule has 134 valence electrons. The Labute approximate surface area is 152 Å². The Bertz CT molecular complexity index is 918. The Morgan fingerprint density at radius 1 is 1.35 bits per heavy atom. The number of fused-ring (bicyclic) bond motifs is 1. The third-order valence-corrected chi connectivity index (χ3v) is 4.61. The standard InChI is InChI=1S/C19H21N5O2/c1-13-11-19(2,3)23(4)16-8-7-14(10-15(13)16)12-21-22-18-17(24(25)26)6-5-9-20-18/h5-12H,1-4H3,(H,20,22)/b21-12-. The second kappa shape index (κ2) is 6.59. The molecule has 1 aromatic carbocycles. The predicted molar refractivity (Wildman–Crippen MR) is 105 cm³/mol. The summed E-state index contributed by atoms with van der Waals surface area (Å²) in [5.74, 6) is 0.115. The van der Waals surface area contributed by atoms with E-state index in [1.165, 1.54) is 29.6 Å². The normalized spacial score (nSPS) is 15.5. The van der Waals surface area contributed by atoms with Crippen molar-refractivity contribution in [2.45, 2.75) is 26.3 Å². The monoisotopic (exact) mass is 351 g/mol. The van der Waals surface area contributed by atoms with E-state index >= 15 is 0 Å². The largest absolute Gasteiger partial charge is 0.366 e. The lowest BCUT2D eigenvalue weighted by Crippen LogP contribution is -2.42. The van der Waals surface area contributed by atoms with Gasteiger partial charge in [-0.2, -0.15) is 5.10 Å². The van der Waals surface area contributed by atoms with Crippen molar-refractivity contribution < 1.29 is 4.92 Å². The average molecular weight is 351 g/mol. The van der Waals surface area contributed by atoms with Crippen LogP contribution in [0.15, 0.2) is 47.7 Å². The highest BCUT2D eigenvalue weighted by atomic mass is 16.6. The van der Waals surface area contributed by atoms with Crippen molar-refractivity contribution in [3.05, 3.63) is 63.8 Å². The van der Waals surface area contributed by atoms with Gasteiger partial charge in [0.1, 0.15) is 0 Å². The molecule has 0 bridgehead atoms. The van der Waals surface area contributed by atoms with Crippen molar-refractivity contribution in [3.8, 4) is 0 Å². The van der Waals surface area contributed by atoms with Crippen LogP contribution in [0.1, 0.15) is 31.9 Å². The zero-order valence-electron chi connectivity index (χ0n) is 15.2. The van der Waals surface area contributed by atoms with Gasteiger partial charge in [0.25, 0.3) is 0 Å². The third kappa shape index (κ3) is 3.28. The number of anilines is 2. The van der Waals surface area contributed by atoms with Crippen LogP contribution in [0.5, 0.6) is 0 Å². The van der Waals surface area contributed by atoms with Crippen molar-refractivity contribution in [3.63, 3.8) is 0 Å². The number of hydrogen-bond acceptors (Lipinski definition) is 6. The molecule has 1 aromatic heterocycles. The number of allylic oxidation sites excluding steroid dienone is 1. The summed E-state index contributed by atoms with van der Waals surface area (Å²) in [6.07, 6.45) is 5.35. The van der Waals surface area contributed by atoms with Crippen LogP contribution in [0.2, 0.25) is 0 Å². The van der Waals surface area contributed by atoms with Gasteiger partial charge in [0.15, 0.2) is 0 Å². The number of rotatable bonds is 4. The molecule has 1 aliphatic rings. The summed E-state index contributed by atoms with van der Waals surface area (Å²) < 4.78 is 0. The lowest BCUT2D eigenvalue weighted by Gasteiger charge is -2.40. The molecule has 0 atom stereocenters. The number of nitrogens with one attached hydrogen (secondary N) is 1. The van der Waals surface area contributed by atoms with Gasteiger partial charge < -0.3 is 4.90 Å². The zero-order valence-corrected chi connectivity index (χ0v) is 15.2. The van der Waals surface area contributed by atoms with Crippen molar-refractivity contribution in [2.75, 3.05) is 17.4 Å². The minimum Gasteiger partial charge on any atom is -0.366 e. The lowest BCUT2D eigenvalue weighted by atomic mass is 9.89. The van der Waals surface area contributed by atoms with Gasteiger partial charge in [-0.3, -0.25) is 15.5 Å². The summed E-state index contributed by atoms with van der Waals surface area (Å²) in [6.45, 7) is 6.46. The van der Waals surface area contributed by atoms with Crippen LogP contribution >= 0.6 is 0 Å². The van der Waals surface area contributed by atoms with E-state index in [1.807, 2.05) is 6.07 Å². The van der Waals surface area contributed by atoms with Gasteiger partial charge in [-0.1, -0.05) is 12.1 Å². The van der Waals surface area contributed by atoms with Crippen molar-refractivity contribution >= 4 is 29.0 Å². The summed E-state index contributed by atoms with van der Waals surface area (Å²) in [4.78, 5) is 16.7. The van der Waals surface area contributed by atoms with Crippen molar-refractivity contribution in [1.82, 2.24) is 4.98 Å². The van der Waals surface area contributed by atoms with E-state index in [1.54, 1.807) is 6.21 Å². The molecule has 2 aromatic rings.